The van der Waals surface area contributed by atoms with Crippen molar-refractivity contribution >= 4 is 39.6 Å². The summed E-state index contributed by atoms with van der Waals surface area (Å²) in [6, 6.07) is 31.7. The molecule has 1 aromatic heterocycles. The lowest BCUT2D eigenvalue weighted by Gasteiger charge is -2.29. The van der Waals surface area contributed by atoms with Crippen LogP contribution in [0, 0.1) is 26.1 Å². The van der Waals surface area contributed by atoms with Gasteiger partial charge in [-0.15, -0.1) is 11.3 Å². The van der Waals surface area contributed by atoms with E-state index in [4.69, 9.17) is 10.1 Å². The Kier molecular flexibility index (Phi) is 7.48. The van der Waals surface area contributed by atoms with Gasteiger partial charge in [0.15, 0.2) is 0 Å². The fourth-order valence-corrected chi connectivity index (χ4v) is 6.96. The molecule has 0 unspecified atom stereocenters. The Labute approximate surface area is 263 Å². The summed E-state index contributed by atoms with van der Waals surface area (Å²) in [5.74, 6) is 0.0574. The zero-order chi connectivity index (χ0) is 30.9. The first-order valence-corrected chi connectivity index (χ1v) is 15.5. The predicted octanol–water partition coefficient (Wildman–Crippen LogP) is 9.09. The molecule has 1 saturated carbocycles. The zero-order valence-corrected chi connectivity index (χ0v) is 24.8. The number of nitro benzene ring substituents is 2. The summed E-state index contributed by atoms with van der Waals surface area (Å²) in [5, 5.41) is 32.4. The molecule has 5 aromatic rings. The van der Waals surface area contributed by atoms with Crippen molar-refractivity contribution in [2.75, 3.05) is 5.01 Å². The van der Waals surface area contributed by atoms with E-state index in [1.165, 1.54) is 23.5 Å². The summed E-state index contributed by atoms with van der Waals surface area (Å²) in [6.45, 7) is 0. The van der Waals surface area contributed by atoms with Gasteiger partial charge in [0.2, 0.25) is 5.13 Å². The van der Waals surface area contributed by atoms with E-state index in [9.17, 15) is 20.2 Å². The van der Waals surface area contributed by atoms with Gasteiger partial charge >= 0.3 is 0 Å². The third kappa shape index (κ3) is 5.63. The Balaban J connectivity index is 1.24. The lowest BCUT2D eigenvalue weighted by Crippen LogP contribution is -2.28. The molecule has 2 heterocycles. The SMILES string of the molecule is O=[N+]([O-])c1ccc(/C=C2\CCC[C@H]3C2=NN(c2nc(-c4ccc(-c5ccccc5)cc4)cs2)[C@H]3c2ccc([N+](=O)[O-])cc2)cc1. The van der Waals surface area contributed by atoms with Crippen molar-refractivity contribution in [2.24, 2.45) is 11.0 Å². The van der Waals surface area contributed by atoms with Crippen LogP contribution < -0.4 is 5.01 Å². The molecule has 1 aliphatic carbocycles. The van der Waals surface area contributed by atoms with Gasteiger partial charge in [-0.3, -0.25) is 20.2 Å². The number of nitrogens with zero attached hydrogens (tertiary/aromatic N) is 5. The van der Waals surface area contributed by atoms with Gasteiger partial charge in [-0.1, -0.05) is 66.7 Å². The number of nitro groups is 2. The van der Waals surface area contributed by atoms with E-state index in [0.717, 1.165) is 69.2 Å². The second-order valence-corrected chi connectivity index (χ2v) is 11.9. The van der Waals surface area contributed by atoms with E-state index in [0.29, 0.717) is 0 Å². The van der Waals surface area contributed by atoms with Gasteiger partial charge in [-0.05, 0) is 65.3 Å². The largest absolute Gasteiger partial charge is 0.269 e. The molecular weight excluding hydrogens is 586 g/mol. The standard InChI is InChI=1S/C35H27N5O4S/c41-39(42)29-17-9-23(10-18-29)21-28-7-4-8-31-33(28)37-38(34(31)27-15-19-30(20-16-27)40(43)44)35-36-32(22-45-35)26-13-11-25(12-14-26)24-5-2-1-3-6-24/h1-3,5-6,9-22,31,34H,4,7-8H2/b28-21+/t31-,34-/m0/s1. The summed E-state index contributed by atoms with van der Waals surface area (Å²) in [6.07, 6.45) is 4.77. The van der Waals surface area contributed by atoms with Crippen LogP contribution in [0.5, 0.6) is 0 Å². The molecule has 4 aromatic carbocycles. The molecule has 2 aliphatic rings. The number of aromatic nitrogens is 1. The monoisotopic (exact) mass is 613 g/mol. The number of anilines is 1. The Bertz CT molecular complexity index is 1940. The van der Waals surface area contributed by atoms with Gasteiger partial charge in [0.1, 0.15) is 0 Å². The summed E-state index contributed by atoms with van der Waals surface area (Å²) in [5.41, 5.74) is 8.11. The number of allylic oxidation sites excluding steroid dienone is 1. The van der Waals surface area contributed by atoms with E-state index in [-0.39, 0.29) is 28.3 Å². The summed E-state index contributed by atoms with van der Waals surface area (Å²) >= 11 is 1.52. The fourth-order valence-electron chi connectivity index (χ4n) is 6.14. The van der Waals surface area contributed by atoms with E-state index >= 15 is 0 Å². The van der Waals surface area contributed by atoms with Gasteiger partial charge in [0.25, 0.3) is 11.4 Å². The first kappa shape index (κ1) is 28.3. The van der Waals surface area contributed by atoms with Gasteiger partial charge in [0.05, 0.1) is 27.3 Å². The van der Waals surface area contributed by atoms with E-state index in [1.54, 1.807) is 24.3 Å². The maximum Gasteiger partial charge on any atom is 0.269 e. The van der Waals surface area contributed by atoms with Gasteiger partial charge in [0, 0.05) is 41.1 Å². The number of thiazole rings is 1. The van der Waals surface area contributed by atoms with Crippen LogP contribution in [0.15, 0.2) is 119 Å². The van der Waals surface area contributed by atoms with Gasteiger partial charge in [-0.2, -0.15) is 5.10 Å². The number of rotatable bonds is 7. The number of hydrogen-bond acceptors (Lipinski definition) is 8. The highest BCUT2D eigenvalue weighted by Gasteiger charge is 2.43. The number of fused-ring (bicyclic) bond motifs is 1. The molecule has 1 aliphatic heterocycles. The van der Waals surface area contributed by atoms with Crippen molar-refractivity contribution in [3.8, 4) is 22.4 Å². The average Bonchev–Trinajstić information content (AvgIpc) is 3.72. The minimum atomic E-state index is -0.402. The molecule has 0 bridgehead atoms. The van der Waals surface area contributed by atoms with Crippen molar-refractivity contribution in [2.45, 2.75) is 25.3 Å². The third-order valence-electron chi connectivity index (χ3n) is 8.37. The molecule has 0 amide bonds. The third-order valence-corrected chi connectivity index (χ3v) is 9.20. The van der Waals surface area contributed by atoms with Crippen LogP contribution in [0.3, 0.4) is 0 Å². The molecule has 222 valence electrons. The Hall–Kier alpha value is -5.48. The second-order valence-electron chi connectivity index (χ2n) is 11.1. The van der Waals surface area contributed by atoms with Crippen molar-refractivity contribution in [1.29, 1.82) is 0 Å². The maximum absolute atomic E-state index is 11.4. The zero-order valence-electron chi connectivity index (χ0n) is 24.0. The van der Waals surface area contributed by atoms with Crippen LogP contribution in [0.1, 0.15) is 36.4 Å². The van der Waals surface area contributed by atoms with E-state index < -0.39 is 4.92 Å². The van der Waals surface area contributed by atoms with Crippen molar-refractivity contribution < 1.29 is 9.85 Å². The number of hydrogen-bond donors (Lipinski definition) is 0. The topological polar surface area (TPSA) is 115 Å². The summed E-state index contributed by atoms with van der Waals surface area (Å²) in [4.78, 5) is 26.8. The summed E-state index contributed by atoms with van der Waals surface area (Å²) in [7, 11) is 0. The van der Waals surface area contributed by atoms with Crippen molar-refractivity contribution in [3.63, 3.8) is 0 Å². The number of benzene rings is 4. The minimum Gasteiger partial charge on any atom is -0.258 e. The second kappa shape index (κ2) is 11.9. The van der Waals surface area contributed by atoms with E-state index in [2.05, 4.69) is 42.5 Å². The lowest BCUT2D eigenvalue weighted by molar-refractivity contribution is -0.385. The Morgan fingerprint density at radius 2 is 1.40 bits per heavy atom. The van der Waals surface area contributed by atoms with Crippen LogP contribution in [0.2, 0.25) is 0 Å². The molecule has 1 fully saturated rings. The quantitative estimate of drug-likeness (QED) is 0.134. The molecular formula is C35H27N5O4S. The lowest BCUT2D eigenvalue weighted by atomic mass is 9.77. The predicted molar refractivity (Wildman–Crippen MR) is 177 cm³/mol. The average molecular weight is 614 g/mol. The number of non-ortho nitro benzene ring substituents is 2. The van der Waals surface area contributed by atoms with Crippen molar-refractivity contribution in [3.05, 3.63) is 145 Å². The molecule has 0 N–H and O–H groups in total. The Morgan fingerprint density at radius 1 is 0.778 bits per heavy atom. The van der Waals surface area contributed by atoms with Crippen LogP contribution in [0.4, 0.5) is 16.5 Å². The molecule has 2 atom stereocenters. The molecule has 45 heavy (non-hydrogen) atoms. The maximum atomic E-state index is 11.4. The Morgan fingerprint density at radius 3 is 2.07 bits per heavy atom. The molecule has 7 rings (SSSR count). The smallest absolute Gasteiger partial charge is 0.258 e. The molecule has 0 saturated heterocycles. The van der Waals surface area contributed by atoms with Crippen LogP contribution in [0.25, 0.3) is 28.5 Å². The molecule has 0 radical (unpaired) electrons. The van der Waals surface area contributed by atoms with Crippen molar-refractivity contribution in [1.82, 2.24) is 4.98 Å². The highest BCUT2D eigenvalue weighted by molar-refractivity contribution is 7.14. The van der Waals surface area contributed by atoms with Crippen LogP contribution in [-0.2, 0) is 0 Å². The molecule has 9 nitrogen and oxygen atoms in total. The first-order valence-electron chi connectivity index (χ1n) is 14.6. The molecule has 10 heteroatoms. The van der Waals surface area contributed by atoms with Gasteiger partial charge in [-0.25, -0.2) is 9.99 Å². The minimum absolute atomic E-state index is 0.0438. The fraction of sp³-hybridized carbons (Fsp3) is 0.143. The molecule has 0 spiro atoms. The van der Waals surface area contributed by atoms with Crippen LogP contribution >= 0.6 is 11.3 Å². The highest BCUT2D eigenvalue weighted by Crippen LogP contribution is 2.47. The normalized spacial score (nSPS) is 18.4. The van der Waals surface area contributed by atoms with Gasteiger partial charge < -0.3 is 0 Å². The van der Waals surface area contributed by atoms with E-state index in [1.807, 2.05) is 40.7 Å². The first-order chi connectivity index (χ1) is 21.9. The van der Waals surface area contributed by atoms with Crippen LogP contribution in [-0.4, -0.2) is 20.5 Å². The highest BCUT2D eigenvalue weighted by atomic mass is 32.1. The number of hydrazone groups is 1. The summed E-state index contributed by atoms with van der Waals surface area (Å²) < 4.78 is 0.